The second kappa shape index (κ2) is 8.49. The van der Waals surface area contributed by atoms with Crippen LogP contribution in [0.25, 0.3) is 0 Å². The molecule has 7 heteroatoms. The van der Waals surface area contributed by atoms with Gasteiger partial charge < -0.3 is 15.4 Å². The number of hydrazone groups is 1. The molecule has 0 atom stereocenters. The topological polar surface area (TPSA) is 97.0 Å². The lowest BCUT2D eigenvalue weighted by molar-refractivity contribution is -0.119. The standard InChI is InChI=1S/C18H20N4O3/c1-22(2)15-5-3-4-14(10-15)18(24)21-20-11-13-6-8-16(9-7-13)25-12-17(19)23/h3-11H,12H2,1-2H3,(H2,19,23)(H,21,24). The Labute approximate surface area is 146 Å². The van der Waals surface area contributed by atoms with Gasteiger partial charge in [-0.15, -0.1) is 0 Å². The van der Waals surface area contributed by atoms with Gasteiger partial charge >= 0.3 is 0 Å². The summed E-state index contributed by atoms with van der Waals surface area (Å²) in [4.78, 5) is 24.7. The molecule has 0 saturated carbocycles. The van der Waals surface area contributed by atoms with E-state index < -0.39 is 5.91 Å². The van der Waals surface area contributed by atoms with Crippen molar-refractivity contribution in [3.63, 3.8) is 0 Å². The normalized spacial score (nSPS) is 10.5. The molecule has 0 aromatic heterocycles. The Kier molecular flexibility index (Phi) is 6.11. The SMILES string of the molecule is CN(C)c1cccc(C(=O)NN=Cc2ccc(OCC(N)=O)cc2)c1. The molecule has 130 valence electrons. The van der Waals surface area contributed by atoms with Crippen LogP contribution in [0.3, 0.4) is 0 Å². The summed E-state index contributed by atoms with van der Waals surface area (Å²) >= 11 is 0. The summed E-state index contributed by atoms with van der Waals surface area (Å²) in [6.07, 6.45) is 1.52. The number of ether oxygens (including phenoxy) is 1. The van der Waals surface area contributed by atoms with Gasteiger partial charge in [-0.2, -0.15) is 5.10 Å². The fourth-order valence-corrected chi connectivity index (χ4v) is 1.96. The fraction of sp³-hybridized carbons (Fsp3) is 0.167. The minimum absolute atomic E-state index is 0.171. The highest BCUT2D eigenvalue weighted by Gasteiger charge is 2.05. The molecule has 3 N–H and O–H groups in total. The second-order valence-corrected chi connectivity index (χ2v) is 5.47. The van der Waals surface area contributed by atoms with Gasteiger partial charge in [0, 0.05) is 25.3 Å². The fourth-order valence-electron chi connectivity index (χ4n) is 1.96. The van der Waals surface area contributed by atoms with Gasteiger partial charge in [-0.3, -0.25) is 9.59 Å². The quantitative estimate of drug-likeness (QED) is 0.588. The Hall–Kier alpha value is -3.35. The van der Waals surface area contributed by atoms with Crippen LogP contribution in [0.2, 0.25) is 0 Å². The molecule has 0 aliphatic heterocycles. The van der Waals surface area contributed by atoms with Crippen LogP contribution in [-0.4, -0.2) is 38.7 Å². The Morgan fingerprint density at radius 2 is 1.92 bits per heavy atom. The molecule has 0 fully saturated rings. The van der Waals surface area contributed by atoms with Crippen molar-refractivity contribution in [2.24, 2.45) is 10.8 Å². The molecular weight excluding hydrogens is 320 g/mol. The van der Waals surface area contributed by atoms with Crippen LogP contribution in [0, 0.1) is 0 Å². The number of nitrogens with zero attached hydrogens (tertiary/aromatic N) is 2. The molecule has 25 heavy (non-hydrogen) atoms. The summed E-state index contributed by atoms with van der Waals surface area (Å²) in [5, 5.41) is 3.94. The summed E-state index contributed by atoms with van der Waals surface area (Å²) in [6.45, 7) is -0.171. The molecule has 7 nitrogen and oxygen atoms in total. The molecule has 2 rings (SSSR count). The maximum atomic E-state index is 12.1. The van der Waals surface area contributed by atoms with Gasteiger partial charge in [0.15, 0.2) is 6.61 Å². The number of benzene rings is 2. The molecule has 0 heterocycles. The van der Waals surface area contributed by atoms with Crippen LogP contribution in [-0.2, 0) is 4.79 Å². The molecule has 0 radical (unpaired) electrons. The van der Waals surface area contributed by atoms with Gasteiger partial charge in [0.1, 0.15) is 5.75 Å². The highest BCUT2D eigenvalue weighted by Crippen LogP contribution is 2.13. The number of nitrogens with two attached hydrogens (primary N) is 1. The Morgan fingerprint density at radius 3 is 2.56 bits per heavy atom. The van der Waals surface area contributed by atoms with Gasteiger partial charge in [0.2, 0.25) is 0 Å². The van der Waals surface area contributed by atoms with Gasteiger partial charge in [0.05, 0.1) is 6.21 Å². The van der Waals surface area contributed by atoms with Crippen molar-refractivity contribution in [3.8, 4) is 5.75 Å². The van der Waals surface area contributed by atoms with E-state index >= 15 is 0 Å². The second-order valence-electron chi connectivity index (χ2n) is 5.47. The first-order valence-electron chi connectivity index (χ1n) is 7.57. The van der Waals surface area contributed by atoms with Crippen molar-refractivity contribution in [1.29, 1.82) is 0 Å². The predicted molar refractivity (Wildman–Crippen MR) is 97.0 cm³/mol. The summed E-state index contributed by atoms with van der Waals surface area (Å²) in [7, 11) is 3.82. The van der Waals surface area contributed by atoms with E-state index in [-0.39, 0.29) is 12.5 Å². The first-order chi connectivity index (χ1) is 12.0. The van der Waals surface area contributed by atoms with Crippen LogP contribution in [0.15, 0.2) is 53.6 Å². The summed E-state index contributed by atoms with van der Waals surface area (Å²) in [5.74, 6) is -0.298. The minimum atomic E-state index is -0.535. The molecule has 2 aromatic rings. The van der Waals surface area contributed by atoms with Crippen LogP contribution >= 0.6 is 0 Å². The van der Waals surface area contributed by atoms with Crippen molar-refractivity contribution in [2.75, 3.05) is 25.6 Å². The average Bonchev–Trinajstić information content (AvgIpc) is 2.61. The largest absolute Gasteiger partial charge is 0.484 e. The van der Waals surface area contributed by atoms with E-state index in [1.807, 2.05) is 31.1 Å². The zero-order valence-electron chi connectivity index (χ0n) is 14.1. The van der Waals surface area contributed by atoms with E-state index in [1.54, 1.807) is 36.4 Å². The van der Waals surface area contributed by atoms with Crippen molar-refractivity contribution in [2.45, 2.75) is 0 Å². The van der Waals surface area contributed by atoms with Crippen LogP contribution in [0.4, 0.5) is 5.69 Å². The van der Waals surface area contributed by atoms with Gasteiger partial charge in [-0.05, 0) is 48.0 Å². The molecule has 0 aliphatic rings. The first kappa shape index (κ1) is 18.0. The lowest BCUT2D eigenvalue weighted by Gasteiger charge is -2.12. The van der Waals surface area contributed by atoms with Gasteiger partial charge in [-0.25, -0.2) is 5.43 Å². The molecule has 0 bridgehead atoms. The maximum absolute atomic E-state index is 12.1. The Bertz CT molecular complexity index is 770. The third kappa shape index (κ3) is 5.65. The predicted octanol–water partition coefficient (Wildman–Crippen LogP) is 1.38. The number of anilines is 1. The molecule has 2 amide bonds. The van der Waals surface area contributed by atoms with E-state index in [1.165, 1.54) is 6.21 Å². The highest BCUT2D eigenvalue weighted by atomic mass is 16.5. The van der Waals surface area contributed by atoms with Crippen molar-refractivity contribution in [3.05, 3.63) is 59.7 Å². The summed E-state index contributed by atoms with van der Waals surface area (Å²) in [5.41, 5.74) is 9.73. The lowest BCUT2D eigenvalue weighted by atomic mass is 10.2. The number of primary amides is 1. The number of amides is 2. The smallest absolute Gasteiger partial charge is 0.271 e. The summed E-state index contributed by atoms with van der Waals surface area (Å²) < 4.78 is 5.16. The van der Waals surface area contributed by atoms with E-state index in [0.717, 1.165) is 11.3 Å². The minimum Gasteiger partial charge on any atom is -0.484 e. The number of carbonyl (C=O) groups is 2. The molecule has 0 unspecified atom stereocenters. The number of hydrogen-bond acceptors (Lipinski definition) is 5. The van der Waals surface area contributed by atoms with E-state index in [9.17, 15) is 9.59 Å². The molecule has 0 saturated heterocycles. The van der Waals surface area contributed by atoms with Gasteiger partial charge in [-0.1, -0.05) is 6.07 Å². The zero-order valence-corrected chi connectivity index (χ0v) is 14.1. The van der Waals surface area contributed by atoms with E-state index in [2.05, 4.69) is 10.5 Å². The van der Waals surface area contributed by atoms with Crippen molar-refractivity contribution >= 4 is 23.7 Å². The highest BCUT2D eigenvalue weighted by molar-refractivity contribution is 5.95. The van der Waals surface area contributed by atoms with Crippen LogP contribution in [0.5, 0.6) is 5.75 Å². The van der Waals surface area contributed by atoms with Crippen LogP contribution in [0.1, 0.15) is 15.9 Å². The third-order valence-electron chi connectivity index (χ3n) is 3.27. The van der Waals surface area contributed by atoms with E-state index in [0.29, 0.717) is 11.3 Å². The number of nitrogens with one attached hydrogen (secondary N) is 1. The summed E-state index contributed by atoms with van der Waals surface area (Å²) in [6, 6.07) is 14.1. The number of carbonyl (C=O) groups excluding carboxylic acids is 2. The Balaban J connectivity index is 1.93. The van der Waals surface area contributed by atoms with E-state index in [4.69, 9.17) is 10.5 Å². The van der Waals surface area contributed by atoms with Crippen molar-refractivity contribution in [1.82, 2.24) is 5.43 Å². The molecule has 0 aliphatic carbocycles. The number of rotatable bonds is 7. The molecular formula is C18H20N4O3. The average molecular weight is 340 g/mol. The first-order valence-corrected chi connectivity index (χ1v) is 7.57. The third-order valence-corrected chi connectivity index (χ3v) is 3.27. The molecule has 2 aromatic carbocycles. The monoisotopic (exact) mass is 340 g/mol. The molecule has 0 spiro atoms. The Morgan fingerprint density at radius 1 is 1.20 bits per heavy atom. The zero-order chi connectivity index (χ0) is 18.2. The van der Waals surface area contributed by atoms with Crippen LogP contribution < -0.4 is 20.8 Å². The number of hydrogen-bond donors (Lipinski definition) is 2. The van der Waals surface area contributed by atoms with Gasteiger partial charge in [0.25, 0.3) is 11.8 Å². The maximum Gasteiger partial charge on any atom is 0.271 e. The van der Waals surface area contributed by atoms with Crippen molar-refractivity contribution < 1.29 is 14.3 Å². The lowest BCUT2D eigenvalue weighted by Crippen LogP contribution is -2.20.